The van der Waals surface area contributed by atoms with Crippen LogP contribution in [0.15, 0.2) is 78.9 Å². The maximum absolute atomic E-state index is 12.8. The van der Waals surface area contributed by atoms with Gasteiger partial charge in [0.05, 0.1) is 42.4 Å². The average Bonchev–Trinajstić information content (AvgIpc) is 3.21. The number of anilines is 1. The number of hydrogen-bond donors (Lipinski definition) is 0. The number of para-hydroxylation sites is 1. The highest BCUT2D eigenvalue weighted by Gasteiger charge is 2.37. The van der Waals surface area contributed by atoms with Gasteiger partial charge >= 0.3 is 11.7 Å². The molecular formula is C29H15Cl3N2O8. The molecule has 0 fully saturated rings. The van der Waals surface area contributed by atoms with Crippen LogP contribution in [0.3, 0.4) is 0 Å². The van der Waals surface area contributed by atoms with Crippen molar-refractivity contribution in [3.63, 3.8) is 0 Å². The Hall–Kier alpha value is -4.77. The van der Waals surface area contributed by atoms with Crippen LogP contribution < -0.4 is 9.64 Å². The van der Waals surface area contributed by atoms with E-state index in [-0.39, 0.29) is 60.2 Å². The second kappa shape index (κ2) is 11.6. The first-order valence-electron chi connectivity index (χ1n) is 11.9. The second-order valence-electron chi connectivity index (χ2n) is 8.78. The van der Waals surface area contributed by atoms with E-state index in [2.05, 4.69) is 0 Å². The van der Waals surface area contributed by atoms with Gasteiger partial charge < -0.3 is 9.47 Å². The molecule has 2 amide bonds. The van der Waals surface area contributed by atoms with Crippen molar-refractivity contribution in [1.29, 1.82) is 0 Å². The monoisotopic (exact) mass is 624 g/mol. The number of esters is 1. The number of benzene rings is 4. The Morgan fingerprint density at radius 3 is 1.93 bits per heavy atom. The summed E-state index contributed by atoms with van der Waals surface area (Å²) in [5.74, 6) is -2.43. The summed E-state index contributed by atoms with van der Waals surface area (Å²) in [5, 5.41) is 11.6. The molecule has 1 heterocycles. The fourth-order valence-electron chi connectivity index (χ4n) is 4.08. The molecule has 0 spiro atoms. The Morgan fingerprint density at radius 2 is 1.36 bits per heavy atom. The number of carbonyl (C=O) groups is 4. The molecule has 10 nitrogen and oxygen atoms in total. The summed E-state index contributed by atoms with van der Waals surface area (Å²) < 4.78 is 10.7. The molecule has 4 aromatic carbocycles. The summed E-state index contributed by atoms with van der Waals surface area (Å²) in [6.45, 7) is -0.573. The van der Waals surface area contributed by atoms with Crippen LogP contribution in [-0.4, -0.2) is 35.1 Å². The molecule has 0 aromatic heterocycles. The van der Waals surface area contributed by atoms with Crippen LogP contribution in [0.5, 0.6) is 11.5 Å². The van der Waals surface area contributed by atoms with Gasteiger partial charge in [-0.1, -0.05) is 40.9 Å². The second-order valence-corrected chi connectivity index (χ2v) is 10.00. The van der Waals surface area contributed by atoms with Gasteiger partial charge in [0.15, 0.2) is 12.4 Å². The van der Waals surface area contributed by atoms with Gasteiger partial charge in [-0.25, -0.2) is 9.69 Å². The summed E-state index contributed by atoms with van der Waals surface area (Å²) in [6.07, 6.45) is 0. The Morgan fingerprint density at radius 1 is 0.786 bits per heavy atom. The van der Waals surface area contributed by atoms with Gasteiger partial charge in [-0.05, 0) is 66.7 Å². The first-order valence-corrected chi connectivity index (χ1v) is 13.1. The predicted molar refractivity (Wildman–Crippen MR) is 153 cm³/mol. The van der Waals surface area contributed by atoms with Crippen LogP contribution >= 0.6 is 34.8 Å². The Kier molecular flexibility index (Phi) is 7.95. The molecule has 0 aliphatic carbocycles. The number of nitrogens with zero attached hydrogens (tertiary/aromatic N) is 2. The van der Waals surface area contributed by atoms with Gasteiger partial charge in [0.25, 0.3) is 11.8 Å². The normalized spacial score (nSPS) is 12.2. The maximum Gasteiger partial charge on any atom is 0.338 e. The number of halogens is 3. The number of fused-ring (bicyclic) bond motifs is 1. The third-order valence-electron chi connectivity index (χ3n) is 6.16. The van der Waals surface area contributed by atoms with E-state index in [4.69, 9.17) is 44.3 Å². The lowest BCUT2D eigenvalue weighted by molar-refractivity contribution is -0.385. The van der Waals surface area contributed by atoms with Crippen molar-refractivity contribution in [3.05, 3.63) is 126 Å². The molecule has 1 aliphatic rings. The molecule has 0 radical (unpaired) electrons. The number of imide groups is 1. The average molecular weight is 626 g/mol. The topological polar surface area (TPSA) is 133 Å². The van der Waals surface area contributed by atoms with Gasteiger partial charge in [0.2, 0.25) is 5.75 Å². The van der Waals surface area contributed by atoms with E-state index >= 15 is 0 Å². The Balaban J connectivity index is 1.20. The van der Waals surface area contributed by atoms with E-state index < -0.39 is 35.1 Å². The number of nitro benzene ring substituents is 1. The van der Waals surface area contributed by atoms with Crippen LogP contribution in [0.1, 0.15) is 41.4 Å². The predicted octanol–water partition coefficient (Wildman–Crippen LogP) is 7.19. The minimum Gasteiger partial charge on any atom is -0.454 e. The van der Waals surface area contributed by atoms with Crippen molar-refractivity contribution >= 4 is 69.7 Å². The fourth-order valence-corrected chi connectivity index (χ4v) is 4.62. The van der Waals surface area contributed by atoms with E-state index in [1.165, 1.54) is 78.9 Å². The van der Waals surface area contributed by atoms with E-state index in [9.17, 15) is 29.3 Å². The van der Waals surface area contributed by atoms with Crippen molar-refractivity contribution in [2.24, 2.45) is 0 Å². The zero-order chi connectivity index (χ0) is 30.1. The summed E-state index contributed by atoms with van der Waals surface area (Å²) >= 11 is 18.0. The number of ketones is 1. The van der Waals surface area contributed by atoms with Gasteiger partial charge in [-0.3, -0.25) is 24.5 Å². The molecule has 42 heavy (non-hydrogen) atoms. The standard InChI is InChI=1S/C29H15Cl3N2O8/c30-21-2-1-3-24(34(39)40)26(21)42-18-10-6-15(7-11-18)25(35)14-41-29(38)16-4-8-17(9-5-16)33-27(36)19-12-22(31)23(32)13-20(19)28(33)37/h1-13H,14H2. The van der Waals surface area contributed by atoms with Crippen molar-refractivity contribution in [1.82, 2.24) is 0 Å². The van der Waals surface area contributed by atoms with Crippen LogP contribution in [0.25, 0.3) is 0 Å². The van der Waals surface area contributed by atoms with Crippen molar-refractivity contribution < 1.29 is 33.6 Å². The number of hydrogen-bond acceptors (Lipinski definition) is 8. The minimum atomic E-state index is -0.804. The largest absolute Gasteiger partial charge is 0.454 e. The molecule has 4 aromatic rings. The number of amides is 2. The van der Waals surface area contributed by atoms with E-state index in [0.717, 1.165) is 4.90 Å². The van der Waals surface area contributed by atoms with Crippen LogP contribution in [0, 0.1) is 10.1 Å². The number of nitro groups is 1. The van der Waals surface area contributed by atoms with Gasteiger partial charge in [-0.2, -0.15) is 0 Å². The lowest BCUT2D eigenvalue weighted by Crippen LogP contribution is -2.29. The molecule has 0 saturated heterocycles. The molecular weight excluding hydrogens is 611 g/mol. The molecule has 0 atom stereocenters. The molecule has 5 rings (SSSR count). The third-order valence-corrected chi connectivity index (χ3v) is 7.18. The number of ether oxygens (including phenoxy) is 2. The fraction of sp³-hybridized carbons (Fsp3) is 0.0345. The first kappa shape index (κ1) is 28.7. The Bertz CT molecular complexity index is 1750. The molecule has 13 heteroatoms. The van der Waals surface area contributed by atoms with Gasteiger partial charge in [0, 0.05) is 11.6 Å². The van der Waals surface area contributed by atoms with E-state index in [0.29, 0.717) is 0 Å². The van der Waals surface area contributed by atoms with Crippen LogP contribution in [-0.2, 0) is 4.74 Å². The van der Waals surface area contributed by atoms with E-state index in [1.54, 1.807) is 0 Å². The molecule has 0 bridgehead atoms. The number of rotatable bonds is 8. The van der Waals surface area contributed by atoms with Gasteiger partial charge in [-0.15, -0.1) is 0 Å². The molecule has 210 valence electrons. The third kappa shape index (κ3) is 5.55. The first-order chi connectivity index (χ1) is 20.0. The van der Waals surface area contributed by atoms with Gasteiger partial charge in [0.1, 0.15) is 5.75 Å². The minimum absolute atomic E-state index is 0.0443. The van der Waals surface area contributed by atoms with Crippen molar-refractivity contribution in [3.8, 4) is 11.5 Å². The highest BCUT2D eigenvalue weighted by Crippen LogP contribution is 2.38. The molecule has 0 unspecified atom stereocenters. The van der Waals surface area contributed by atoms with E-state index in [1.807, 2.05) is 0 Å². The highest BCUT2D eigenvalue weighted by atomic mass is 35.5. The quantitative estimate of drug-likeness (QED) is 0.0661. The molecule has 0 saturated carbocycles. The summed E-state index contributed by atoms with van der Waals surface area (Å²) in [5.41, 5.74) is 0.401. The zero-order valence-corrected chi connectivity index (χ0v) is 23.3. The SMILES string of the molecule is O=C(COC(=O)c1ccc(N2C(=O)c3cc(Cl)c(Cl)cc3C2=O)cc1)c1ccc(Oc2c(Cl)cccc2[N+](=O)[O-])cc1. The molecule has 0 N–H and O–H groups in total. The highest BCUT2D eigenvalue weighted by molar-refractivity contribution is 6.44. The summed E-state index contributed by atoms with van der Waals surface area (Å²) in [7, 11) is 0. The lowest BCUT2D eigenvalue weighted by Gasteiger charge is -2.14. The van der Waals surface area contributed by atoms with Crippen LogP contribution in [0.4, 0.5) is 11.4 Å². The number of carbonyl (C=O) groups excluding carboxylic acids is 4. The summed E-state index contributed by atoms with van der Waals surface area (Å²) in [4.78, 5) is 62.3. The smallest absolute Gasteiger partial charge is 0.338 e. The lowest BCUT2D eigenvalue weighted by atomic mass is 10.1. The number of Topliss-reactive ketones (excluding diaryl/α,β-unsaturated/α-hetero) is 1. The van der Waals surface area contributed by atoms with Crippen LogP contribution in [0.2, 0.25) is 15.1 Å². The molecule has 1 aliphatic heterocycles. The summed E-state index contributed by atoms with van der Waals surface area (Å²) in [6, 6.07) is 17.9. The maximum atomic E-state index is 12.8. The van der Waals surface area contributed by atoms with Crippen molar-refractivity contribution in [2.75, 3.05) is 11.5 Å². The Labute approximate surface area is 252 Å². The zero-order valence-electron chi connectivity index (χ0n) is 21.0. The van der Waals surface area contributed by atoms with Crippen molar-refractivity contribution in [2.45, 2.75) is 0 Å².